The van der Waals surface area contributed by atoms with E-state index in [0.717, 1.165) is 5.56 Å². The van der Waals surface area contributed by atoms with Gasteiger partial charge >= 0.3 is 6.18 Å². The molecule has 0 aliphatic rings. The molecule has 1 aromatic rings. The maximum Gasteiger partial charge on any atom is 0.413 e. The summed E-state index contributed by atoms with van der Waals surface area (Å²) in [6, 6.07) is 5.30. The Labute approximate surface area is 96.3 Å². The van der Waals surface area contributed by atoms with E-state index in [0.29, 0.717) is 10.6 Å². The molecule has 0 aliphatic heterocycles. The number of aryl methyl sites for hydroxylation is 1. The van der Waals surface area contributed by atoms with Crippen LogP contribution >= 0.6 is 11.6 Å². The Bertz CT molecular complexity index is 354. The highest BCUT2D eigenvalue weighted by atomic mass is 35.5. The molecule has 0 bridgehead atoms. The van der Waals surface area contributed by atoms with Crippen LogP contribution in [-0.4, -0.2) is 12.8 Å². The van der Waals surface area contributed by atoms with Gasteiger partial charge in [-0.15, -0.1) is 0 Å². The van der Waals surface area contributed by atoms with Crippen molar-refractivity contribution in [1.82, 2.24) is 5.48 Å². The Hall–Kier alpha value is -0.780. The smallest absolute Gasteiger partial charge is 0.292 e. The zero-order valence-corrected chi connectivity index (χ0v) is 9.32. The van der Waals surface area contributed by atoms with E-state index in [1.165, 1.54) is 0 Å². The van der Waals surface area contributed by atoms with Crippen LogP contribution in [0.25, 0.3) is 0 Å². The molecular formula is C10H11ClF3NO. The number of hydrogen-bond acceptors (Lipinski definition) is 2. The van der Waals surface area contributed by atoms with Crippen LogP contribution < -0.4 is 5.48 Å². The van der Waals surface area contributed by atoms with E-state index in [9.17, 15) is 13.2 Å². The number of hydroxylamine groups is 1. The highest BCUT2D eigenvalue weighted by molar-refractivity contribution is 6.31. The minimum atomic E-state index is -4.33. The van der Waals surface area contributed by atoms with Gasteiger partial charge in [-0.3, -0.25) is 4.84 Å². The quantitative estimate of drug-likeness (QED) is 0.657. The topological polar surface area (TPSA) is 21.3 Å². The molecule has 16 heavy (non-hydrogen) atoms. The molecule has 0 atom stereocenters. The van der Waals surface area contributed by atoms with E-state index in [1.54, 1.807) is 12.1 Å². The third kappa shape index (κ3) is 4.83. The molecular weight excluding hydrogens is 243 g/mol. The SMILES string of the molecule is Cc1ccc(CNOCC(F)(F)F)c(Cl)c1. The van der Waals surface area contributed by atoms with Crippen molar-refractivity contribution in [3.63, 3.8) is 0 Å². The molecule has 0 radical (unpaired) electrons. The van der Waals surface area contributed by atoms with Crippen molar-refractivity contribution in [2.75, 3.05) is 6.61 Å². The van der Waals surface area contributed by atoms with Gasteiger partial charge in [0.05, 0.1) is 0 Å². The highest BCUT2D eigenvalue weighted by Gasteiger charge is 2.27. The lowest BCUT2D eigenvalue weighted by atomic mass is 10.1. The Morgan fingerprint density at radius 1 is 1.38 bits per heavy atom. The van der Waals surface area contributed by atoms with Gasteiger partial charge in [-0.2, -0.15) is 18.7 Å². The van der Waals surface area contributed by atoms with Gasteiger partial charge in [0, 0.05) is 11.6 Å². The number of alkyl halides is 3. The summed E-state index contributed by atoms with van der Waals surface area (Å²) in [5.41, 5.74) is 3.89. The molecule has 0 spiro atoms. The molecule has 0 fully saturated rings. The number of halogens is 4. The summed E-state index contributed by atoms with van der Waals surface area (Å²) in [6.45, 7) is 0.689. The normalized spacial score (nSPS) is 11.8. The van der Waals surface area contributed by atoms with Crippen LogP contribution in [0.5, 0.6) is 0 Å². The number of nitrogens with one attached hydrogen (secondary N) is 1. The second kappa shape index (κ2) is 5.52. The summed E-state index contributed by atoms with van der Waals surface area (Å²) in [7, 11) is 0. The van der Waals surface area contributed by atoms with Crippen molar-refractivity contribution < 1.29 is 18.0 Å². The van der Waals surface area contributed by atoms with Crippen molar-refractivity contribution >= 4 is 11.6 Å². The molecule has 90 valence electrons. The summed E-state index contributed by atoms with van der Waals surface area (Å²) in [5, 5.41) is 0.503. The molecule has 0 saturated carbocycles. The van der Waals surface area contributed by atoms with Gasteiger partial charge in [-0.25, -0.2) is 0 Å². The maximum atomic E-state index is 11.7. The van der Waals surface area contributed by atoms with Crippen LogP contribution in [0.4, 0.5) is 13.2 Å². The van der Waals surface area contributed by atoms with Gasteiger partial charge in [-0.1, -0.05) is 23.7 Å². The van der Waals surface area contributed by atoms with Crippen molar-refractivity contribution in [2.45, 2.75) is 19.6 Å². The third-order valence-electron chi connectivity index (χ3n) is 1.81. The Morgan fingerprint density at radius 2 is 2.06 bits per heavy atom. The maximum absolute atomic E-state index is 11.7. The molecule has 1 N–H and O–H groups in total. The van der Waals surface area contributed by atoms with Gasteiger partial charge < -0.3 is 0 Å². The summed E-state index contributed by atoms with van der Waals surface area (Å²) in [6.07, 6.45) is -4.33. The molecule has 0 unspecified atom stereocenters. The van der Waals surface area contributed by atoms with Crippen LogP contribution in [0.15, 0.2) is 18.2 Å². The van der Waals surface area contributed by atoms with Gasteiger partial charge in [0.15, 0.2) is 6.61 Å². The standard InChI is InChI=1S/C10H11ClF3NO/c1-7-2-3-8(9(11)4-7)5-15-16-6-10(12,13)14/h2-4,15H,5-6H2,1H3. The Balaban J connectivity index is 2.38. The van der Waals surface area contributed by atoms with Crippen molar-refractivity contribution in [1.29, 1.82) is 0 Å². The Morgan fingerprint density at radius 3 is 2.62 bits per heavy atom. The molecule has 0 saturated heterocycles. The van der Waals surface area contributed by atoms with Gasteiger partial charge in [0.1, 0.15) is 0 Å². The summed E-state index contributed by atoms with van der Waals surface area (Å²) in [4.78, 5) is 4.25. The zero-order chi connectivity index (χ0) is 12.2. The average molecular weight is 254 g/mol. The largest absolute Gasteiger partial charge is 0.413 e. The highest BCUT2D eigenvalue weighted by Crippen LogP contribution is 2.17. The molecule has 0 aromatic heterocycles. The number of rotatable bonds is 4. The van der Waals surface area contributed by atoms with Crippen LogP contribution in [0.3, 0.4) is 0 Å². The van der Waals surface area contributed by atoms with Crippen LogP contribution in [0.2, 0.25) is 5.02 Å². The van der Waals surface area contributed by atoms with Crippen molar-refractivity contribution in [3.05, 3.63) is 34.3 Å². The van der Waals surface area contributed by atoms with Crippen LogP contribution in [-0.2, 0) is 11.4 Å². The molecule has 1 rings (SSSR count). The second-order valence-electron chi connectivity index (χ2n) is 3.32. The minimum absolute atomic E-state index is 0.134. The lowest BCUT2D eigenvalue weighted by Gasteiger charge is -2.09. The molecule has 6 heteroatoms. The molecule has 2 nitrogen and oxygen atoms in total. The van der Waals surface area contributed by atoms with E-state index >= 15 is 0 Å². The van der Waals surface area contributed by atoms with Gasteiger partial charge in [0.2, 0.25) is 0 Å². The van der Waals surface area contributed by atoms with E-state index < -0.39 is 12.8 Å². The fourth-order valence-electron chi connectivity index (χ4n) is 1.06. The summed E-state index contributed by atoms with van der Waals surface area (Å²) in [5.74, 6) is 0. The van der Waals surface area contributed by atoms with Crippen molar-refractivity contribution in [2.24, 2.45) is 0 Å². The first-order valence-electron chi connectivity index (χ1n) is 4.55. The zero-order valence-electron chi connectivity index (χ0n) is 8.57. The fourth-order valence-corrected chi connectivity index (χ4v) is 1.36. The molecule has 1 aromatic carbocycles. The Kier molecular flexibility index (Phi) is 4.58. The number of hydrogen-bond donors (Lipinski definition) is 1. The predicted molar refractivity (Wildman–Crippen MR) is 55.0 cm³/mol. The van der Waals surface area contributed by atoms with E-state index in [1.807, 2.05) is 13.0 Å². The predicted octanol–water partition coefficient (Wildman–Crippen LogP) is 3.23. The third-order valence-corrected chi connectivity index (χ3v) is 2.16. The summed E-state index contributed by atoms with van der Waals surface area (Å²) < 4.78 is 35.2. The molecule has 0 heterocycles. The van der Waals surface area contributed by atoms with E-state index in [-0.39, 0.29) is 6.54 Å². The average Bonchev–Trinajstić information content (AvgIpc) is 2.13. The van der Waals surface area contributed by atoms with Gasteiger partial charge in [0.25, 0.3) is 0 Å². The first kappa shape index (κ1) is 13.3. The first-order chi connectivity index (χ1) is 7.38. The lowest BCUT2D eigenvalue weighted by Crippen LogP contribution is -2.24. The fraction of sp³-hybridized carbons (Fsp3) is 0.400. The van der Waals surface area contributed by atoms with Crippen LogP contribution in [0, 0.1) is 6.92 Å². The van der Waals surface area contributed by atoms with Crippen molar-refractivity contribution in [3.8, 4) is 0 Å². The lowest BCUT2D eigenvalue weighted by molar-refractivity contribution is -0.190. The van der Waals surface area contributed by atoms with E-state index in [4.69, 9.17) is 11.6 Å². The monoisotopic (exact) mass is 253 g/mol. The first-order valence-corrected chi connectivity index (χ1v) is 4.93. The van der Waals surface area contributed by atoms with Gasteiger partial charge in [-0.05, 0) is 24.1 Å². The number of benzene rings is 1. The second-order valence-corrected chi connectivity index (χ2v) is 3.73. The van der Waals surface area contributed by atoms with E-state index in [2.05, 4.69) is 10.3 Å². The minimum Gasteiger partial charge on any atom is -0.292 e. The molecule has 0 amide bonds. The molecule has 0 aliphatic carbocycles. The summed E-state index contributed by atoms with van der Waals surface area (Å²) >= 11 is 5.88. The van der Waals surface area contributed by atoms with Crippen LogP contribution in [0.1, 0.15) is 11.1 Å².